The van der Waals surface area contributed by atoms with E-state index in [-0.39, 0.29) is 22.9 Å². The number of halogens is 2. The maximum atomic E-state index is 13.3. The zero-order chi connectivity index (χ0) is 25.5. The average molecular weight is 567 g/mol. The van der Waals surface area contributed by atoms with Gasteiger partial charge in [0.2, 0.25) is 5.91 Å². The number of esters is 1. The van der Waals surface area contributed by atoms with Gasteiger partial charge in [-0.25, -0.2) is 9.18 Å². The van der Waals surface area contributed by atoms with Crippen LogP contribution in [0.5, 0.6) is 11.5 Å². The van der Waals surface area contributed by atoms with Crippen molar-refractivity contribution in [3.05, 3.63) is 57.2 Å². The molecule has 2 aromatic carbocycles. The second-order valence-electron chi connectivity index (χ2n) is 6.94. The van der Waals surface area contributed by atoms with Crippen molar-refractivity contribution >= 4 is 62.5 Å². The molecule has 1 fully saturated rings. The van der Waals surface area contributed by atoms with Crippen molar-refractivity contribution in [1.29, 1.82) is 0 Å². The average Bonchev–Trinajstić information content (AvgIpc) is 3.07. The highest BCUT2D eigenvalue weighted by molar-refractivity contribution is 9.10. The summed E-state index contributed by atoms with van der Waals surface area (Å²) in [5.74, 6) is -1.79. The molecule has 1 heterocycles. The number of anilines is 1. The lowest BCUT2D eigenvalue weighted by molar-refractivity contribution is -0.143. The Hall–Kier alpha value is -3.38. The topological polar surface area (TPSA) is 111 Å². The SMILES string of the molecule is CCOc1cc(/C=C2/SC(=O)N(CC(=O)Nc3cccc(F)c3)C2=O)c(Br)cc1OCC(=O)OC. The minimum Gasteiger partial charge on any atom is -0.490 e. The summed E-state index contributed by atoms with van der Waals surface area (Å²) in [6.45, 7) is 1.24. The highest BCUT2D eigenvalue weighted by Crippen LogP contribution is 2.38. The van der Waals surface area contributed by atoms with Crippen molar-refractivity contribution in [3.8, 4) is 11.5 Å². The number of ether oxygens (including phenoxy) is 3. The van der Waals surface area contributed by atoms with Crippen LogP contribution in [-0.2, 0) is 19.1 Å². The summed E-state index contributed by atoms with van der Waals surface area (Å²) in [7, 11) is 1.24. The lowest BCUT2D eigenvalue weighted by Crippen LogP contribution is -2.36. The first-order valence-corrected chi connectivity index (χ1v) is 11.8. The first-order chi connectivity index (χ1) is 16.7. The Labute approximate surface area is 212 Å². The van der Waals surface area contributed by atoms with E-state index in [1.54, 1.807) is 19.1 Å². The molecule has 0 spiro atoms. The summed E-state index contributed by atoms with van der Waals surface area (Å²) in [6, 6.07) is 8.41. The number of hydrogen-bond donors (Lipinski definition) is 1. The third-order valence-electron chi connectivity index (χ3n) is 4.51. The summed E-state index contributed by atoms with van der Waals surface area (Å²) in [6.07, 6.45) is 1.48. The third kappa shape index (κ3) is 6.83. The van der Waals surface area contributed by atoms with E-state index < -0.39 is 35.4 Å². The van der Waals surface area contributed by atoms with Gasteiger partial charge in [-0.15, -0.1) is 0 Å². The Morgan fingerprint density at radius 2 is 1.91 bits per heavy atom. The van der Waals surface area contributed by atoms with E-state index in [2.05, 4.69) is 26.0 Å². The van der Waals surface area contributed by atoms with Gasteiger partial charge in [-0.3, -0.25) is 19.3 Å². The number of methoxy groups -OCH3 is 1. The van der Waals surface area contributed by atoms with Gasteiger partial charge in [0, 0.05) is 10.2 Å². The molecule has 1 aliphatic rings. The summed E-state index contributed by atoms with van der Waals surface area (Å²) < 4.78 is 29.4. The summed E-state index contributed by atoms with van der Waals surface area (Å²) in [4.78, 5) is 49.8. The molecule has 1 N–H and O–H groups in total. The fourth-order valence-corrected chi connectivity index (χ4v) is 4.19. The molecule has 0 bridgehead atoms. The highest BCUT2D eigenvalue weighted by Gasteiger charge is 2.36. The van der Waals surface area contributed by atoms with Crippen molar-refractivity contribution in [3.63, 3.8) is 0 Å². The molecule has 2 aromatic rings. The summed E-state index contributed by atoms with van der Waals surface area (Å²) >= 11 is 4.07. The number of carbonyl (C=O) groups is 4. The second kappa shape index (κ2) is 11.8. The molecule has 12 heteroatoms. The molecule has 184 valence electrons. The molecule has 9 nitrogen and oxygen atoms in total. The van der Waals surface area contributed by atoms with E-state index in [9.17, 15) is 23.6 Å². The van der Waals surface area contributed by atoms with Crippen molar-refractivity contribution in [2.24, 2.45) is 0 Å². The molecule has 0 aromatic heterocycles. The maximum Gasteiger partial charge on any atom is 0.343 e. The van der Waals surface area contributed by atoms with E-state index in [1.165, 1.54) is 31.4 Å². The number of nitrogens with zero attached hydrogens (tertiary/aromatic N) is 1. The largest absolute Gasteiger partial charge is 0.490 e. The normalized spacial score (nSPS) is 14.3. The minimum atomic E-state index is -0.648. The van der Waals surface area contributed by atoms with Crippen molar-refractivity contribution in [1.82, 2.24) is 4.90 Å². The lowest BCUT2D eigenvalue weighted by Gasteiger charge is -2.14. The van der Waals surface area contributed by atoms with E-state index in [0.29, 0.717) is 34.2 Å². The van der Waals surface area contributed by atoms with Crippen LogP contribution in [0.2, 0.25) is 0 Å². The van der Waals surface area contributed by atoms with Gasteiger partial charge in [-0.05, 0) is 60.7 Å². The van der Waals surface area contributed by atoms with Gasteiger partial charge in [0.25, 0.3) is 11.1 Å². The quantitative estimate of drug-likeness (QED) is 0.355. The number of benzene rings is 2. The number of nitrogens with one attached hydrogen (secondary N) is 1. The van der Waals surface area contributed by atoms with Crippen molar-refractivity contribution in [2.75, 3.05) is 32.2 Å². The van der Waals surface area contributed by atoms with Crippen LogP contribution < -0.4 is 14.8 Å². The molecule has 0 aliphatic carbocycles. The van der Waals surface area contributed by atoms with Crippen LogP contribution in [0.25, 0.3) is 6.08 Å². The standard InChI is InChI=1S/C23H20BrFN2O7S/c1-3-33-17-7-13(16(24)10-18(17)34-12-21(29)32-2)8-19-22(30)27(23(31)35-19)11-20(28)26-15-6-4-5-14(25)9-15/h4-10H,3,11-12H2,1-2H3,(H,26,28)/b19-8+. The fraction of sp³-hybridized carbons (Fsp3) is 0.217. The van der Waals surface area contributed by atoms with Crippen LogP contribution in [0.15, 0.2) is 45.8 Å². The van der Waals surface area contributed by atoms with E-state index in [1.807, 2.05) is 0 Å². The van der Waals surface area contributed by atoms with Gasteiger partial charge in [-0.1, -0.05) is 22.0 Å². The molecule has 0 saturated carbocycles. The summed E-state index contributed by atoms with van der Waals surface area (Å²) in [5, 5.41) is 1.84. The first-order valence-electron chi connectivity index (χ1n) is 10.2. The van der Waals surface area contributed by atoms with Crippen LogP contribution in [0.3, 0.4) is 0 Å². The van der Waals surface area contributed by atoms with Crippen LogP contribution in [0, 0.1) is 5.82 Å². The summed E-state index contributed by atoms with van der Waals surface area (Å²) in [5.41, 5.74) is 0.716. The number of thioether (sulfide) groups is 1. The Bertz CT molecular complexity index is 1200. The smallest absolute Gasteiger partial charge is 0.343 e. The van der Waals surface area contributed by atoms with Crippen LogP contribution in [0.4, 0.5) is 14.9 Å². The van der Waals surface area contributed by atoms with Crippen LogP contribution in [0.1, 0.15) is 12.5 Å². The van der Waals surface area contributed by atoms with Crippen LogP contribution >= 0.6 is 27.7 Å². The Morgan fingerprint density at radius 3 is 2.60 bits per heavy atom. The fourth-order valence-electron chi connectivity index (χ4n) is 2.93. The van der Waals surface area contributed by atoms with Gasteiger partial charge >= 0.3 is 5.97 Å². The number of rotatable bonds is 9. The second-order valence-corrected chi connectivity index (χ2v) is 8.79. The lowest BCUT2D eigenvalue weighted by atomic mass is 10.1. The predicted octanol–water partition coefficient (Wildman–Crippen LogP) is 4.21. The molecule has 35 heavy (non-hydrogen) atoms. The molecule has 1 saturated heterocycles. The molecule has 1 aliphatic heterocycles. The molecule has 3 amide bonds. The van der Waals surface area contributed by atoms with Crippen LogP contribution in [-0.4, -0.2) is 54.8 Å². The third-order valence-corrected chi connectivity index (χ3v) is 6.10. The Morgan fingerprint density at radius 1 is 1.17 bits per heavy atom. The zero-order valence-electron chi connectivity index (χ0n) is 18.6. The Balaban J connectivity index is 1.77. The number of hydrogen-bond acceptors (Lipinski definition) is 8. The van der Waals surface area contributed by atoms with Gasteiger partial charge in [-0.2, -0.15) is 0 Å². The maximum absolute atomic E-state index is 13.3. The monoisotopic (exact) mass is 566 g/mol. The zero-order valence-corrected chi connectivity index (χ0v) is 21.0. The van der Waals surface area contributed by atoms with Crippen molar-refractivity contribution < 1.29 is 37.8 Å². The van der Waals surface area contributed by atoms with E-state index in [0.717, 1.165) is 11.0 Å². The van der Waals surface area contributed by atoms with Gasteiger partial charge < -0.3 is 19.5 Å². The first kappa shape index (κ1) is 26.2. The predicted molar refractivity (Wildman–Crippen MR) is 131 cm³/mol. The Kier molecular flexibility index (Phi) is 8.88. The number of carbonyl (C=O) groups excluding carboxylic acids is 4. The molecular formula is C23H20BrFN2O7S. The van der Waals surface area contributed by atoms with Gasteiger partial charge in [0.15, 0.2) is 18.1 Å². The molecule has 0 unspecified atom stereocenters. The van der Waals surface area contributed by atoms with Gasteiger partial charge in [0.1, 0.15) is 12.4 Å². The van der Waals surface area contributed by atoms with E-state index in [4.69, 9.17) is 9.47 Å². The highest BCUT2D eigenvalue weighted by atomic mass is 79.9. The number of amides is 3. The molecule has 0 atom stereocenters. The minimum absolute atomic E-state index is 0.0972. The van der Waals surface area contributed by atoms with Gasteiger partial charge in [0.05, 0.1) is 18.6 Å². The van der Waals surface area contributed by atoms with E-state index >= 15 is 0 Å². The number of imide groups is 1. The van der Waals surface area contributed by atoms with Crippen molar-refractivity contribution in [2.45, 2.75) is 6.92 Å². The molecule has 0 radical (unpaired) electrons. The molecular weight excluding hydrogens is 547 g/mol. The molecule has 3 rings (SSSR count).